The molecular formula is C56H39N. The van der Waals surface area contributed by atoms with E-state index in [1.165, 1.54) is 77.2 Å². The lowest BCUT2D eigenvalue weighted by Crippen LogP contribution is -2.11. The van der Waals surface area contributed by atoms with Gasteiger partial charge >= 0.3 is 0 Å². The molecule has 0 aliphatic rings. The Kier molecular flexibility index (Phi) is 8.95. The summed E-state index contributed by atoms with van der Waals surface area (Å²) in [6.07, 6.45) is 0. The van der Waals surface area contributed by atoms with Crippen molar-refractivity contribution in [3.05, 3.63) is 237 Å². The fourth-order valence-corrected chi connectivity index (χ4v) is 8.20. The molecule has 57 heavy (non-hydrogen) atoms. The summed E-state index contributed by atoms with van der Waals surface area (Å²) in [5, 5.41) is 5.05. The fourth-order valence-electron chi connectivity index (χ4n) is 8.20. The van der Waals surface area contributed by atoms with Crippen molar-refractivity contribution in [1.82, 2.24) is 0 Å². The van der Waals surface area contributed by atoms with E-state index in [0.29, 0.717) is 0 Å². The molecule has 0 heterocycles. The first-order valence-corrected chi connectivity index (χ1v) is 19.6. The molecule has 0 bridgehead atoms. The van der Waals surface area contributed by atoms with Gasteiger partial charge in [0.15, 0.2) is 0 Å². The van der Waals surface area contributed by atoms with E-state index in [2.05, 4.69) is 241 Å². The Morgan fingerprint density at radius 3 is 1.02 bits per heavy atom. The number of nitrogens with zero attached hydrogens (tertiary/aromatic N) is 1. The molecule has 0 radical (unpaired) electrons. The first kappa shape index (κ1) is 34.0. The summed E-state index contributed by atoms with van der Waals surface area (Å²) in [5.74, 6) is 0. The van der Waals surface area contributed by atoms with Gasteiger partial charge in [-0.15, -0.1) is 0 Å². The maximum Gasteiger partial charge on any atom is 0.0473 e. The minimum Gasteiger partial charge on any atom is -0.310 e. The van der Waals surface area contributed by atoms with Gasteiger partial charge in [0.1, 0.15) is 0 Å². The van der Waals surface area contributed by atoms with Crippen molar-refractivity contribution in [2.75, 3.05) is 4.90 Å². The standard InChI is InChI=1S/C56H39N/c1-5-17-40(18-6-1)46-33-47(41-19-7-2-8-20-41)36-51(35-46)57(52-37-48(42-21-9-3-10-22-42)34-49(38-52)43-23-11-4-12-24-43)50-31-29-44(30-32-50)56-39-45-25-13-14-26-53(45)54-27-15-16-28-55(54)56/h1-39H. The number of hydrogen-bond acceptors (Lipinski definition) is 1. The number of benzene rings is 10. The van der Waals surface area contributed by atoms with Crippen LogP contribution in [-0.2, 0) is 0 Å². The number of anilines is 3. The molecule has 0 fully saturated rings. The van der Waals surface area contributed by atoms with Crippen molar-refractivity contribution >= 4 is 38.6 Å². The Bertz CT molecular complexity index is 2730. The predicted octanol–water partition coefficient (Wildman–Crippen LogP) is 15.8. The topological polar surface area (TPSA) is 3.24 Å². The van der Waals surface area contributed by atoms with Crippen molar-refractivity contribution in [2.45, 2.75) is 0 Å². The molecule has 1 heteroatoms. The SMILES string of the molecule is c1ccc(-c2cc(-c3ccccc3)cc(N(c3ccc(-c4cc5ccccc5c5ccccc45)cc3)c3cc(-c4ccccc4)cc(-c4ccccc4)c3)c2)cc1. The van der Waals surface area contributed by atoms with E-state index in [4.69, 9.17) is 0 Å². The second kappa shape index (κ2) is 15.0. The first-order valence-electron chi connectivity index (χ1n) is 19.6. The summed E-state index contributed by atoms with van der Waals surface area (Å²) >= 11 is 0. The molecule has 1 nitrogen and oxygen atoms in total. The van der Waals surface area contributed by atoms with Gasteiger partial charge in [0.2, 0.25) is 0 Å². The van der Waals surface area contributed by atoms with Crippen LogP contribution in [-0.4, -0.2) is 0 Å². The van der Waals surface area contributed by atoms with Gasteiger partial charge in [-0.05, 0) is 132 Å². The van der Waals surface area contributed by atoms with E-state index in [-0.39, 0.29) is 0 Å². The highest BCUT2D eigenvalue weighted by Crippen LogP contribution is 2.44. The zero-order valence-electron chi connectivity index (χ0n) is 31.5. The maximum absolute atomic E-state index is 2.43. The highest BCUT2D eigenvalue weighted by molar-refractivity contribution is 6.13. The average Bonchev–Trinajstić information content (AvgIpc) is 3.30. The van der Waals surface area contributed by atoms with Gasteiger partial charge in [-0.1, -0.05) is 182 Å². The Morgan fingerprint density at radius 1 is 0.211 bits per heavy atom. The molecule has 10 rings (SSSR count). The lowest BCUT2D eigenvalue weighted by Gasteiger charge is -2.28. The average molecular weight is 726 g/mol. The van der Waals surface area contributed by atoms with Gasteiger partial charge in [-0.2, -0.15) is 0 Å². The van der Waals surface area contributed by atoms with Crippen molar-refractivity contribution < 1.29 is 0 Å². The summed E-state index contributed by atoms with van der Waals surface area (Å²) in [5.41, 5.74) is 15.1. The minimum absolute atomic E-state index is 1.08. The highest BCUT2D eigenvalue weighted by Gasteiger charge is 2.19. The van der Waals surface area contributed by atoms with Crippen LogP contribution in [0.15, 0.2) is 237 Å². The molecule has 0 unspecified atom stereocenters. The molecule has 0 atom stereocenters. The van der Waals surface area contributed by atoms with E-state index in [1.54, 1.807) is 0 Å². The Labute approximate surface area is 334 Å². The summed E-state index contributed by atoms with van der Waals surface area (Å²) in [4.78, 5) is 2.43. The zero-order chi connectivity index (χ0) is 38.0. The zero-order valence-corrected chi connectivity index (χ0v) is 31.5. The predicted molar refractivity (Wildman–Crippen MR) is 243 cm³/mol. The fraction of sp³-hybridized carbons (Fsp3) is 0. The van der Waals surface area contributed by atoms with Crippen molar-refractivity contribution in [3.63, 3.8) is 0 Å². The Balaban J connectivity index is 1.21. The third-order valence-electron chi connectivity index (χ3n) is 11.0. The Morgan fingerprint density at radius 2 is 0.579 bits per heavy atom. The van der Waals surface area contributed by atoms with E-state index in [0.717, 1.165) is 17.1 Å². The Hall–Kier alpha value is -7.48. The number of rotatable bonds is 8. The van der Waals surface area contributed by atoms with Crippen molar-refractivity contribution in [1.29, 1.82) is 0 Å². The van der Waals surface area contributed by atoms with Crippen LogP contribution in [0.5, 0.6) is 0 Å². The summed E-state index contributed by atoms with van der Waals surface area (Å²) in [6, 6.07) is 85.8. The number of fused-ring (bicyclic) bond motifs is 3. The maximum atomic E-state index is 2.43. The normalized spacial score (nSPS) is 11.2. The molecule has 0 aromatic heterocycles. The van der Waals surface area contributed by atoms with Gasteiger partial charge in [-0.3, -0.25) is 0 Å². The van der Waals surface area contributed by atoms with Crippen LogP contribution < -0.4 is 4.90 Å². The van der Waals surface area contributed by atoms with Gasteiger partial charge in [-0.25, -0.2) is 0 Å². The largest absolute Gasteiger partial charge is 0.310 e. The molecule has 0 saturated carbocycles. The lowest BCUT2D eigenvalue weighted by molar-refractivity contribution is 1.28. The molecule has 0 spiro atoms. The van der Waals surface area contributed by atoms with Gasteiger partial charge in [0, 0.05) is 17.1 Å². The van der Waals surface area contributed by atoms with Gasteiger partial charge in [0.05, 0.1) is 0 Å². The van der Waals surface area contributed by atoms with Crippen LogP contribution in [0, 0.1) is 0 Å². The van der Waals surface area contributed by atoms with Crippen LogP contribution in [0.2, 0.25) is 0 Å². The van der Waals surface area contributed by atoms with Crippen molar-refractivity contribution in [2.24, 2.45) is 0 Å². The van der Waals surface area contributed by atoms with Crippen LogP contribution in [0.4, 0.5) is 17.1 Å². The van der Waals surface area contributed by atoms with E-state index < -0.39 is 0 Å². The third-order valence-corrected chi connectivity index (χ3v) is 11.0. The molecule has 0 amide bonds. The van der Waals surface area contributed by atoms with Crippen LogP contribution in [0.3, 0.4) is 0 Å². The van der Waals surface area contributed by atoms with Crippen LogP contribution in [0.1, 0.15) is 0 Å². The second-order valence-corrected chi connectivity index (χ2v) is 14.6. The first-order chi connectivity index (χ1) is 28.2. The summed E-state index contributed by atoms with van der Waals surface area (Å²) in [7, 11) is 0. The molecule has 0 saturated heterocycles. The van der Waals surface area contributed by atoms with E-state index in [9.17, 15) is 0 Å². The van der Waals surface area contributed by atoms with E-state index >= 15 is 0 Å². The molecule has 10 aromatic rings. The van der Waals surface area contributed by atoms with Crippen LogP contribution in [0.25, 0.3) is 77.2 Å². The molecule has 0 aliphatic heterocycles. The van der Waals surface area contributed by atoms with Gasteiger partial charge in [0.25, 0.3) is 0 Å². The van der Waals surface area contributed by atoms with Crippen molar-refractivity contribution in [3.8, 4) is 55.6 Å². The quantitative estimate of drug-likeness (QED) is 0.141. The molecule has 10 aromatic carbocycles. The van der Waals surface area contributed by atoms with Crippen LogP contribution >= 0.6 is 0 Å². The summed E-state index contributed by atoms with van der Waals surface area (Å²) in [6.45, 7) is 0. The molecule has 0 aliphatic carbocycles. The monoisotopic (exact) mass is 725 g/mol. The third kappa shape index (κ3) is 6.77. The number of hydrogen-bond donors (Lipinski definition) is 0. The van der Waals surface area contributed by atoms with E-state index in [1.807, 2.05) is 0 Å². The smallest absolute Gasteiger partial charge is 0.0473 e. The molecular weight excluding hydrogens is 687 g/mol. The molecule has 0 N–H and O–H groups in total. The molecule has 268 valence electrons. The minimum atomic E-state index is 1.08. The van der Waals surface area contributed by atoms with Gasteiger partial charge < -0.3 is 4.90 Å². The second-order valence-electron chi connectivity index (χ2n) is 14.6. The summed E-state index contributed by atoms with van der Waals surface area (Å²) < 4.78 is 0. The lowest BCUT2D eigenvalue weighted by atomic mass is 9.93. The highest BCUT2D eigenvalue weighted by atomic mass is 15.1.